The van der Waals surface area contributed by atoms with Crippen LogP contribution in [0, 0.1) is 29.3 Å². The summed E-state index contributed by atoms with van der Waals surface area (Å²) in [6, 6.07) is 0.921. The standard InChI is InChI=1S/C28H42F5N3O3/c1-3-38-12-5-13-39-26(23-15-21(29)16-24(30)25(23)31)20-6-4-11-36(18-20)27(37)35-22(17-34-2)14-19-7-9-28(32,33)10-8-19/h15-16,19-20,22,26,34H,3-14,17-18H2,1-2H3,(H,35,37)/t20-,22+,26?/m1/s1. The lowest BCUT2D eigenvalue weighted by atomic mass is 9.83. The molecule has 0 bridgehead atoms. The number of rotatable bonds is 13. The quantitative estimate of drug-likeness (QED) is 0.181. The number of alkyl halides is 2. The van der Waals surface area contributed by atoms with Crippen LogP contribution >= 0.6 is 0 Å². The normalized spacial score (nSPS) is 21.5. The molecule has 2 aliphatic rings. The number of ether oxygens (including phenoxy) is 2. The van der Waals surface area contributed by atoms with E-state index in [1.54, 1.807) is 11.9 Å². The van der Waals surface area contributed by atoms with Crippen molar-refractivity contribution in [1.82, 2.24) is 15.5 Å². The number of carbonyl (C=O) groups is 1. The van der Waals surface area contributed by atoms with Crippen LogP contribution in [0.1, 0.15) is 70.0 Å². The second-order valence-electron chi connectivity index (χ2n) is 10.7. The van der Waals surface area contributed by atoms with Crippen LogP contribution in [0.3, 0.4) is 0 Å². The Kier molecular flexibility index (Phi) is 12.2. The lowest BCUT2D eigenvalue weighted by Crippen LogP contribution is -2.52. The second-order valence-corrected chi connectivity index (χ2v) is 10.7. The Labute approximate surface area is 228 Å². The predicted molar refractivity (Wildman–Crippen MR) is 138 cm³/mol. The Hall–Kier alpha value is -1.98. The number of nitrogens with zero attached hydrogens (tertiary/aromatic N) is 1. The molecular weight excluding hydrogens is 521 g/mol. The molecule has 39 heavy (non-hydrogen) atoms. The van der Waals surface area contributed by atoms with E-state index >= 15 is 0 Å². The van der Waals surface area contributed by atoms with Crippen molar-refractivity contribution in [3.63, 3.8) is 0 Å². The maximum atomic E-state index is 14.8. The minimum Gasteiger partial charge on any atom is -0.382 e. The Bertz CT molecular complexity index is 913. The first-order valence-corrected chi connectivity index (χ1v) is 14.0. The van der Waals surface area contributed by atoms with Gasteiger partial charge in [0.05, 0.1) is 6.10 Å². The van der Waals surface area contributed by atoms with Crippen LogP contribution in [0.2, 0.25) is 0 Å². The van der Waals surface area contributed by atoms with Gasteiger partial charge in [0.25, 0.3) is 0 Å². The van der Waals surface area contributed by atoms with Gasteiger partial charge in [0.2, 0.25) is 5.92 Å². The average Bonchev–Trinajstić information content (AvgIpc) is 2.90. The number of likely N-dealkylation sites (N-methyl/N-ethyl adjacent to an activating group) is 1. The number of piperidine rings is 1. The van der Waals surface area contributed by atoms with Gasteiger partial charge in [-0.25, -0.2) is 26.7 Å². The van der Waals surface area contributed by atoms with Gasteiger partial charge in [-0.15, -0.1) is 0 Å². The zero-order valence-corrected chi connectivity index (χ0v) is 22.9. The molecule has 11 heteroatoms. The van der Waals surface area contributed by atoms with Crippen LogP contribution in [0.15, 0.2) is 12.1 Å². The van der Waals surface area contributed by atoms with E-state index in [4.69, 9.17) is 9.47 Å². The van der Waals surface area contributed by atoms with Gasteiger partial charge in [0.15, 0.2) is 11.6 Å². The molecule has 0 aromatic heterocycles. The fraction of sp³-hybridized carbons (Fsp3) is 0.750. The van der Waals surface area contributed by atoms with Gasteiger partial charge in [-0.1, -0.05) is 0 Å². The summed E-state index contributed by atoms with van der Waals surface area (Å²) in [5, 5.41) is 6.10. The minimum atomic E-state index is -2.60. The molecule has 1 unspecified atom stereocenters. The highest BCUT2D eigenvalue weighted by Gasteiger charge is 2.37. The van der Waals surface area contributed by atoms with Gasteiger partial charge in [-0.05, 0) is 64.5 Å². The summed E-state index contributed by atoms with van der Waals surface area (Å²) in [7, 11) is 1.77. The van der Waals surface area contributed by atoms with Gasteiger partial charge in [0, 0.05) is 75.9 Å². The van der Waals surface area contributed by atoms with E-state index in [0.717, 1.165) is 6.07 Å². The molecule has 0 spiro atoms. The highest BCUT2D eigenvalue weighted by Crippen LogP contribution is 2.38. The number of carbonyl (C=O) groups excluding carboxylic acids is 1. The molecule has 2 amide bonds. The summed E-state index contributed by atoms with van der Waals surface area (Å²) in [6.07, 6.45) is 1.98. The summed E-state index contributed by atoms with van der Waals surface area (Å²) < 4.78 is 81.4. The van der Waals surface area contributed by atoms with E-state index in [9.17, 15) is 26.7 Å². The average molecular weight is 564 g/mol. The highest BCUT2D eigenvalue weighted by molar-refractivity contribution is 5.74. The zero-order valence-electron chi connectivity index (χ0n) is 22.9. The van der Waals surface area contributed by atoms with Crippen molar-refractivity contribution in [1.29, 1.82) is 0 Å². The topological polar surface area (TPSA) is 62.8 Å². The molecule has 1 aliphatic heterocycles. The third-order valence-electron chi connectivity index (χ3n) is 7.67. The van der Waals surface area contributed by atoms with Gasteiger partial charge < -0.3 is 25.0 Å². The van der Waals surface area contributed by atoms with E-state index in [1.807, 2.05) is 6.92 Å². The number of halogens is 5. The number of benzene rings is 1. The summed E-state index contributed by atoms with van der Waals surface area (Å²) in [4.78, 5) is 14.9. The fourth-order valence-corrected chi connectivity index (χ4v) is 5.66. The molecule has 1 saturated heterocycles. The Morgan fingerprint density at radius 1 is 1.15 bits per heavy atom. The Morgan fingerprint density at radius 3 is 2.59 bits per heavy atom. The molecule has 0 radical (unpaired) electrons. The summed E-state index contributed by atoms with van der Waals surface area (Å²) in [6.45, 7) is 4.24. The number of likely N-dealkylation sites (tertiary alicyclic amines) is 1. The number of urea groups is 1. The van der Waals surface area contributed by atoms with E-state index < -0.39 is 29.5 Å². The Morgan fingerprint density at radius 2 is 1.90 bits per heavy atom. The second kappa shape index (κ2) is 15.1. The largest absolute Gasteiger partial charge is 0.382 e. The first-order chi connectivity index (χ1) is 18.6. The molecule has 3 atom stereocenters. The fourth-order valence-electron chi connectivity index (χ4n) is 5.66. The van der Waals surface area contributed by atoms with Crippen molar-refractivity contribution in [2.75, 3.05) is 46.5 Å². The summed E-state index contributed by atoms with van der Waals surface area (Å²) in [5.41, 5.74) is -0.196. The molecule has 1 aliphatic carbocycles. The molecule has 1 aromatic carbocycles. The van der Waals surface area contributed by atoms with Crippen molar-refractivity contribution < 1.29 is 36.2 Å². The van der Waals surface area contributed by atoms with Crippen molar-refractivity contribution >= 4 is 6.03 Å². The number of amides is 2. The van der Waals surface area contributed by atoms with Crippen LogP contribution in [0.5, 0.6) is 0 Å². The molecule has 2 N–H and O–H groups in total. The monoisotopic (exact) mass is 563 g/mol. The lowest BCUT2D eigenvalue weighted by Gasteiger charge is -2.38. The van der Waals surface area contributed by atoms with Crippen molar-refractivity contribution in [3.05, 3.63) is 35.1 Å². The van der Waals surface area contributed by atoms with Crippen LogP contribution < -0.4 is 10.6 Å². The van der Waals surface area contributed by atoms with Crippen LogP contribution in [0.25, 0.3) is 0 Å². The molecule has 222 valence electrons. The first-order valence-electron chi connectivity index (χ1n) is 14.0. The van der Waals surface area contributed by atoms with Crippen LogP contribution in [-0.2, 0) is 9.47 Å². The molecule has 1 saturated carbocycles. The first kappa shape index (κ1) is 31.5. The van der Waals surface area contributed by atoms with E-state index in [1.165, 1.54) is 0 Å². The summed E-state index contributed by atoms with van der Waals surface area (Å²) in [5.74, 6) is -6.21. The SMILES string of the molecule is CCOCCCOC(c1cc(F)cc(F)c1F)[C@@H]1CCCN(C(=O)N[C@H](CNC)CC2CCC(F)(F)CC2)C1. The number of hydrogen-bond donors (Lipinski definition) is 2. The van der Waals surface area contributed by atoms with Gasteiger partial charge in [0.1, 0.15) is 5.82 Å². The predicted octanol–water partition coefficient (Wildman–Crippen LogP) is 5.81. The van der Waals surface area contributed by atoms with Gasteiger partial charge >= 0.3 is 6.03 Å². The van der Waals surface area contributed by atoms with Crippen LogP contribution in [0.4, 0.5) is 26.7 Å². The van der Waals surface area contributed by atoms with Crippen molar-refractivity contribution in [2.45, 2.75) is 76.4 Å². The molecule has 2 fully saturated rings. The Balaban J connectivity index is 1.67. The smallest absolute Gasteiger partial charge is 0.317 e. The van der Waals surface area contributed by atoms with Gasteiger partial charge in [-0.3, -0.25) is 0 Å². The zero-order chi connectivity index (χ0) is 28.4. The van der Waals surface area contributed by atoms with Gasteiger partial charge in [-0.2, -0.15) is 0 Å². The maximum absolute atomic E-state index is 14.8. The van der Waals surface area contributed by atoms with E-state index in [2.05, 4.69) is 10.6 Å². The summed E-state index contributed by atoms with van der Waals surface area (Å²) >= 11 is 0. The number of nitrogens with one attached hydrogen (secondary N) is 2. The van der Waals surface area contributed by atoms with Crippen LogP contribution in [-0.4, -0.2) is 69.4 Å². The molecule has 1 heterocycles. The number of hydrogen-bond acceptors (Lipinski definition) is 4. The van der Waals surface area contributed by atoms with E-state index in [0.29, 0.717) is 70.9 Å². The lowest BCUT2D eigenvalue weighted by molar-refractivity contribution is -0.0473. The molecule has 3 rings (SSSR count). The highest BCUT2D eigenvalue weighted by atomic mass is 19.3. The van der Waals surface area contributed by atoms with Crippen molar-refractivity contribution in [2.24, 2.45) is 11.8 Å². The van der Waals surface area contributed by atoms with Crippen molar-refractivity contribution in [3.8, 4) is 0 Å². The minimum absolute atomic E-state index is 0.109. The molecule has 6 nitrogen and oxygen atoms in total. The third kappa shape index (κ3) is 9.56. The maximum Gasteiger partial charge on any atom is 0.317 e. The third-order valence-corrected chi connectivity index (χ3v) is 7.67. The molecule has 1 aromatic rings. The van der Waals surface area contributed by atoms with E-state index in [-0.39, 0.29) is 55.5 Å². The molecular formula is C28H42F5N3O3.